The Kier molecular flexibility index (Phi) is 5.08. The number of carbonyl (C=O) groups is 1. The molecule has 24 heavy (non-hydrogen) atoms. The van der Waals surface area contributed by atoms with Gasteiger partial charge in [-0.1, -0.05) is 6.92 Å². The minimum Gasteiger partial charge on any atom is -0.497 e. The fourth-order valence-electron chi connectivity index (χ4n) is 3.15. The molecule has 1 aliphatic heterocycles. The number of carbonyl (C=O) groups excluding carboxylic acids is 1. The average Bonchev–Trinajstić information content (AvgIpc) is 2.67. The van der Waals surface area contributed by atoms with E-state index in [2.05, 4.69) is 4.98 Å². The molecule has 1 fully saturated rings. The van der Waals surface area contributed by atoms with Gasteiger partial charge in [-0.05, 0) is 43.2 Å². The first kappa shape index (κ1) is 16.4. The number of piperidine rings is 1. The average molecular weight is 325 g/mol. The van der Waals surface area contributed by atoms with Gasteiger partial charge in [0, 0.05) is 42.9 Å². The Balaban J connectivity index is 1.80. The summed E-state index contributed by atoms with van der Waals surface area (Å²) in [4.78, 5) is 23.1. The molecule has 0 spiro atoms. The molecule has 1 aromatic carbocycles. The highest BCUT2D eigenvalue weighted by Crippen LogP contribution is 2.27. The van der Waals surface area contributed by atoms with Crippen LogP contribution < -0.4 is 4.74 Å². The Bertz CT molecular complexity index is 700. The third kappa shape index (κ3) is 3.55. The second-order valence-electron chi connectivity index (χ2n) is 6.07. The molecule has 5 heteroatoms. The number of hydrogen-bond acceptors (Lipinski definition) is 4. The van der Waals surface area contributed by atoms with Crippen LogP contribution in [0.5, 0.6) is 5.75 Å². The molecule has 3 rings (SSSR count). The van der Waals surface area contributed by atoms with E-state index in [-0.39, 0.29) is 11.8 Å². The van der Waals surface area contributed by atoms with Crippen LogP contribution in [0, 0.1) is 0 Å². The van der Waals surface area contributed by atoms with Gasteiger partial charge in [0.1, 0.15) is 5.75 Å². The summed E-state index contributed by atoms with van der Waals surface area (Å²) in [6, 6.07) is 9.72. The number of methoxy groups -OCH3 is 1. The highest BCUT2D eigenvalue weighted by molar-refractivity contribution is 5.76. The lowest BCUT2D eigenvalue weighted by molar-refractivity contribution is -0.132. The predicted molar refractivity (Wildman–Crippen MR) is 92.9 cm³/mol. The van der Waals surface area contributed by atoms with Gasteiger partial charge in [-0.2, -0.15) is 0 Å². The highest BCUT2D eigenvalue weighted by atomic mass is 16.5. The standard InChI is InChI=1S/C19H23N3O2/c1-3-18(23)22-12-4-5-15(13-22)17-10-11-20-19(21-17)14-6-8-16(24-2)9-7-14/h6-11,15H,3-5,12-13H2,1-2H3/t15-/m1/s1. The fourth-order valence-corrected chi connectivity index (χ4v) is 3.15. The summed E-state index contributed by atoms with van der Waals surface area (Å²) in [5.41, 5.74) is 1.99. The lowest BCUT2D eigenvalue weighted by Gasteiger charge is -2.32. The van der Waals surface area contributed by atoms with Crippen molar-refractivity contribution in [3.63, 3.8) is 0 Å². The Morgan fingerprint density at radius 3 is 2.79 bits per heavy atom. The zero-order valence-electron chi connectivity index (χ0n) is 14.2. The molecule has 0 unspecified atom stereocenters. The summed E-state index contributed by atoms with van der Waals surface area (Å²) in [6.45, 7) is 3.53. The first-order valence-electron chi connectivity index (χ1n) is 8.46. The van der Waals surface area contributed by atoms with Crippen LogP contribution in [0.4, 0.5) is 0 Å². The molecule has 0 bridgehead atoms. The summed E-state index contributed by atoms with van der Waals surface area (Å²) in [7, 11) is 1.65. The van der Waals surface area contributed by atoms with Gasteiger partial charge in [-0.3, -0.25) is 4.79 Å². The van der Waals surface area contributed by atoms with Crippen molar-refractivity contribution in [3.8, 4) is 17.1 Å². The van der Waals surface area contributed by atoms with Gasteiger partial charge in [0.2, 0.25) is 5.91 Å². The van der Waals surface area contributed by atoms with Crippen LogP contribution in [0.3, 0.4) is 0 Å². The summed E-state index contributed by atoms with van der Waals surface area (Å²) >= 11 is 0. The van der Waals surface area contributed by atoms with Crippen molar-refractivity contribution in [3.05, 3.63) is 42.2 Å². The topological polar surface area (TPSA) is 55.3 Å². The molecule has 2 aromatic rings. The van der Waals surface area contributed by atoms with Crippen molar-refractivity contribution in [1.82, 2.24) is 14.9 Å². The number of likely N-dealkylation sites (tertiary alicyclic amines) is 1. The van der Waals surface area contributed by atoms with Crippen LogP contribution >= 0.6 is 0 Å². The van der Waals surface area contributed by atoms with Gasteiger partial charge in [-0.15, -0.1) is 0 Å². The normalized spacial score (nSPS) is 17.6. The van der Waals surface area contributed by atoms with Gasteiger partial charge in [-0.25, -0.2) is 9.97 Å². The maximum Gasteiger partial charge on any atom is 0.222 e. The minimum atomic E-state index is 0.226. The smallest absolute Gasteiger partial charge is 0.222 e. The first-order valence-corrected chi connectivity index (χ1v) is 8.46. The molecule has 1 aromatic heterocycles. The van der Waals surface area contributed by atoms with E-state index >= 15 is 0 Å². The van der Waals surface area contributed by atoms with Gasteiger partial charge in [0.15, 0.2) is 5.82 Å². The quantitative estimate of drug-likeness (QED) is 0.866. The number of aromatic nitrogens is 2. The van der Waals surface area contributed by atoms with E-state index in [9.17, 15) is 4.79 Å². The molecule has 1 saturated heterocycles. The van der Waals surface area contributed by atoms with Gasteiger partial charge < -0.3 is 9.64 Å². The third-order valence-corrected chi connectivity index (χ3v) is 4.52. The predicted octanol–water partition coefficient (Wildman–Crippen LogP) is 3.27. The number of amides is 1. The number of hydrogen-bond donors (Lipinski definition) is 0. The summed E-state index contributed by atoms with van der Waals surface area (Å²) < 4.78 is 5.19. The molecule has 0 N–H and O–H groups in total. The van der Waals surface area contributed by atoms with Crippen LogP contribution in [0.2, 0.25) is 0 Å². The van der Waals surface area contributed by atoms with Gasteiger partial charge in [0.25, 0.3) is 0 Å². The SMILES string of the molecule is CCC(=O)N1CCC[C@@H](c2ccnc(-c3ccc(OC)cc3)n2)C1. The summed E-state index contributed by atoms with van der Waals surface area (Å²) in [5.74, 6) is 2.04. The molecular weight excluding hydrogens is 302 g/mol. The van der Waals surface area contributed by atoms with Gasteiger partial charge in [0.05, 0.1) is 7.11 Å². The van der Waals surface area contributed by atoms with Crippen molar-refractivity contribution in [1.29, 1.82) is 0 Å². The van der Waals surface area contributed by atoms with Crippen LogP contribution in [0.1, 0.15) is 37.8 Å². The van der Waals surface area contributed by atoms with Crippen molar-refractivity contribution < 1.29 is 9.53 Å². The van der Waals surface area contributed by atoms with Crippen LogP contribution in [0.15, 0.2) is 36.5 Å². The van der Waals surface area contributed by atoms with Gasteiger partial charge >= 0.3 is 0 Å². The van der Waals surface area contributed by atoms with E-state index in [0.29, 0.717) is 12.2 Å². The van der Waals surface area contributed by atoms with Crippen LogP contribution in [-0.2, 0) is 4.79 Å². The lowest BCUT2D eigenvalue weighted by Crippen LogP contribution is -2.38. The zero-order valence-corrected chi connectivity index (χ0v) is 14.2. The Labute approximate surface area is 142 Å². The number of nitrogens with zero attached hydrogens (tertiary/aromatic N) is 3. The molecule has 126 valence electrons. The molecule has 2 heterocycles. The van der Waals surface area contributed by atoms with E-state index < -0.39 is 0 Å². The van der Waals surface area contributed by atoms with Crippen LogP contribution in [0.25, 0.3) is 11.4 Å². The van der Waals surface area contributed by atoms with E-state index in [4.69, 9.17) is 9.72 Å². The molecule has 0 radical (unpaired) electrons. The number of ether oxygens (including phenoxy) is 1. The lowest BCUT2D eigenvalue weighted by atomic mass is 9.94. The van der Waals surface area contributed by atoms with Crippen LogP contribution in [-0.4, -0.2) is 41.0 Å². The maximum absolute atomic E-state index is 12.0. The van der Waals surface area contributed by atoms with E-state index in [1.807, 2.05) is 48.4 Å². The molecule has 1 amide bonds. The molecule has 5 nitrogen and oxygen atoms in total. The molecule has 1 aliphatic rings. The summed E-state index contributed by atoms with van der Waals surface area (Å²) in [6.07, 6.45) is 4.46. The maximum atomic E-state index is 12.0. The number of benzene rings is 1. The molecule has 1 atom stereocenters. The summed E-state index contributed by atoms with van der Waals surface area (Å²) in [5, 5.41) is 0. The molecule has 0 saturated carbocycles. The zero-order chi connectivity index (χ0) is 16.9. The Hall–Kier alpha value is -2.43. The van der Waals surface area contributed by atoms with Crippen molar-refractivity contribution in [2.75, 3.05) is 20.2 Å². The van der Waals surface area contributed by atoms with Crippen molar-refractivity contribution in [2.45, 2.75) is 32.1 Å². The molecular formula is C19H23N3O2. The highest BCUT2D eigenvalue weighted by Gasteiger charge is 2.25. The number of rotatable bonds is 4. The monoisotopic (exact) mass is 325 g/mol. The van der Waals surface area contributed by atoms with Crippen molar-refractivity contribution in [2.24, 2.45) is 0 Å². The second kappa shape index (κ2) is 7.43. The Morgan fingerprint density at radius 2 is 2.08 bits per heavy atom. The molecule has 0 aliphatic carbocycles. The minimum absolute atomic E-state index is 0.226. The fraction of sp³-hybridized carbons (Fsp3) is 0.421. The van der Waals surface area contributed by atoms with E-state index in [1.165, 1.54) is 0 Å². The second-order valence-corrected chi connectivity index (χ2v) is 6.07. The van der Waals surface area contributed by atoms with E-state index in [1.54, 1.807) is 7.11 Å². The Morgan fingerprint density at radius 1 is 1.29 bits per heavy atom. The third-order valence-electron chi connectivity index (χ3n) is 4.52. The van der Waals surface area contributed by atoms with E-state index in [0.717, 1.165) is 42.9 Å². The van der Waals surface area contributed by atoms with Crippen molar-refractivity contribution >= 4 is 5.91 Å². The first-order chi connectivity index (χ1) is 11.7. The largest absolute Gasteiger partial charge is 0.497 e.